The van der Waals surface area contributed by atoms with E-state index in [4.69, 9.17) is 5.73 Å². The molecule has 0 aromatic rings. The second kappa shape index (κ2) is 7.69. The number of nitrogens with two attached hydrogens (primary N) is 1. The van der Waals surface area contributed by atoms with Gasteiger partial charge in [-0.15, -0.1) is 0 Å². The summed E-state index contributed by atoms with van der Waals surface area (Å²) in [6, 6.07) is 0. The van der Waals surface area contributed by atoms with Gasteiger partial charge in [-0.3, -0.25) is 4.79 Å². The third-order valence-corrected chi connectivity index (χ3v) is 2.77. The van der Waals surface area contributed by atoms with Crippen molar-refractivity contribution in [3.63, 3.8) is 0 Å². The summed E-state index contributed by atoms with van der Waals surface area (Å²) in [7, 11) is 0. The van der Waals surface area contributed by atoms with Gasteiger partial charge in [0, 0.05) is 19.0 Å². The maximum atomic E-state index is 12.0. The molecule has 0 aliphatic heterocycles. The predicted octanol–water partition coefficient (Wildman–Crippen LogP) is 1.87. The molecule has 0 spiro atoms. The minimum Gasteiger partial charge on any atom is -0.342 e. The minimum absolute atomic E-state index is 0.153. The lowest BCUT2D eigenvalue weighted by atomic mass is 10.0. The summed E-state index contributed by atoms with van der Waals surface area (Å²) in [5.74, 6) is 0.822. The number of amides is 1. The lowest BCUT2D eigenvalue weighted by molar-refractivity contribution is -0.135. The molecule has 3 nitrogen and oxygen atoms in total. The third kappa shape index (κ3) is 5.17. The predicted molar refractivity (Wildman–Crippen MR) is 64.5 cm³/mol. The molecule has 1 amide bonds. The highest BCUT2D eigenvalue weighted by Crippen LogP contribution is 2.11. The van der Waals surface area contributed by atoms with E-state index in [1.165, 1.54) is 0 Å². The zero-order chi connectivity index (χ0) is 11.8. The van der Waals surface area contributed by atoms with E-state index in [9.17, 15) is 4.79 Å². The van der Waals surface area contributed by atoms with Crippen molar-refractivity contribution in [2.45, 2.75) is 40.5 Å². The van der Waals surface area contributed by atoms with E-state index in [0.717, 1.165) is 25.9 Å². The van der Waals surface area contributed by atoms with Crippen molar-refractivity contribution in [3.05, 3.63) is 0 Å². The van der Waals surface area contributed by atoms with Gasteiger partial charge in [-0.25, -0.2) is 0 Å². The molecular weight excluding hydrogens is 188 g/mol. The fourth-order valence-corrected chi connectivity index (χ4v) is 1.69. The number of rotatable bonds is 7. The number of carbonyl (C=O) groups is 1. The van der Waals surface area contributed by atoms with Gasteiger partial charge in [-0.05, 0) is 25.8 Å². The number of hydrogen-bond donors (Lipinski definition) is 1. The first kappa shape index (κ1) is 14.4. The quantitative estimate of drug-likeness (QED) is 0.703. The van der Waals surface area contributed by atoms with E-state index < -0.39 is 0 Å². The summed E-state index contributed by atoms with van der Waals surface area (Å²) in [5.41, 5.74) is 5.57. The number of carbonyl (C=O) groups excluding carboxylic acids is 1. The van der Waals surface area contributed by atoms with Crippen LogP contribution in [0.4, 0.5) is 0 Å². The van der Waals surface area contributed by atoms with Crippen LogP contribution < -0.4 is 5.73 Å². The molecule has 2 unspecified atom stereocenters. The van der Waals surface area contributed by atoms with Crippen molar-refractivity contribution in [1.82, 2.24) is 4.90 Å². The maximum Gasteiger partial charge on any atom is 0.225 e. The molecule has 2 atom stereocenters. The Kier molecular flexibility index (Phi) is 7.39. The first-order valence-electron chi connectivity index (χ1n) is 6.05. The summed E-state index contributed by atoms with van der Waals surface area (Å²) in [4.78, 5) is 13.9. The first-order valence-corrected chi connectivity index (χ1v) is 6.05. The molecule has 0 aromatic carbocycles. The molecule has 0 aliphatic carbocycles. The summed E-state index contributed by atoms with van der Waals surface area (Å²) in [6.45, 7) is 10.5. The molecule has 2 N–H and O–H groups in total. The molecule has 0 aliphatic rings. The molecule has 0 rings (SSSR count). The average Bonchev–Trinajstić information content (AvgIpc) is 2.24. The van der Waals surface area contributed by atoms with E-state index >= 15 is 0 Å². The van der Waals surface area contributed by atoms with Crippen LogP contribution in [-0.2, 0) is 4.79 Å². The van der Waals surface area contributed by atoms with Gasteiger partial charge in [0.25, 0.3) is 0 Å². The standard InChI is InChI=1S/C12H26N2O/c1-5-7-11(4)12(15)14(6-2)9-10(3)8-13/h10-11H,5-9,13H2,1-4H3. The van der Waals surface area contributed by atoms with Gasteiger partial charge < -0.3 is 10.6 Å². The van der Waals surface area contributed by atoms with Crippen molar-refractivity contribution >= 4 is 5.91 Å². The molecule has 0 fully saturated rings. The molecule has 0 saturated carbocycles. The Morgan fingerprint density at radius 1 is 1.33 bits per heavy atom. The molecule has 0 aromatic heterocycles. The van der Waals surface area contributed by atoms with Gasteiger partial charge in [-0.2, -0.15) is 0 Å². The van der Waals surface area contributed by atoms with Crippen LogP contribution in [0.25, 0.3) is 0 Å². The van der Waals surface area contributed by atoms with Crippen LogP contribution in [0.15, 0.2) is 0 Å². The third-order valence-electron chi connectivity index (χ3n) is 2.77. The van der Waals surface area contributed by atoms with Crippen molar-refractivity contribution in [3.8, 4) is 0 Å². The molecule has 3 heteroatoms. The molecule has 15 heavy (non-hydrogen) atoms. The van der Waals surface area contributed by atoms with Crippen molar-refractivity contribution in [1.29, 1.82) is 0 Å². The maximum absolute atomic E-state index is 12.0. The molecule has 0 heterocycles. The van der Waals surface area contributed by atoms with Gasteiger partial charge in [0.1, 0.15) is 0 Å². The van der Waals surface area contributed by atoms with Crippen LogP contribution in [0.5, 0.6) is 0 Å². The van der Waals surface area contributed by atoms with Crippen molar-refractivity contribution < 1.29 is 4.79 Å². The lowest BCUT2D eigenvalue weighted by Gasteiger charge is -2.26. The van der Waals surface area contributed by atoms with E-state index in [1.54, 1.807) is 0 Å². The Morgan fingerprint density at radius 2 is 1.93 bits per heavy atom. The highest BCUT2D eigenvalue weighted by atomic mass is 16.2. The minimum atomic E-state index is 0.153. The summed E-state index contributed by atoms with van der Waals surface area (Å²) >= 11 is 0. The van der Waals surface area contributed by atoms with Gasteiger partial charge in [0.05, 0.1) is 0 Å². The highest BCUT2D eigenvalue weighted by Gasteiger charge is 2.19. The molecule has 0 saturated heterocycles. The summed E-state index contributed by atoms with van der Waals surface area (Å²) in [6.07, 6.45) is 2.04. The number of hydrogen-bond acceptors (Lipinski definition) is 2. The zero-order valence-electron chi connectivity index (χ0n) is 10.6. The van der Waals surface area contributed by atoms with Gasteiger partial charge >= 0.3 is 0 Å². The van der Waals surface area contributed by atoms with Crippen LogP contribution >= 0.6 is 0 Å². The van der Waals surface area contributed by atoms with Gasteiger partial charge in [0.15, 0.2) is 0 Å². The van der Waals surface area contributed by atoms with Gasteiger partial charge in [0.2, 0.25) is 5.91 Å². The molecular formula is C12H26N2O. The fourth-order valence-electron chi connectivity index (χ4n) is 1.69. The average molecular weight is 214 g/mol. The van der Waals surface area contributed by atoms with E-state index in [0.29, 0.717) is 12.5 Å². The van der Waals surface area contributed by atoms with Crippen molar-refractivity contribution in [2.24, 2.45) is 17.6 Å². The second-order valence-corrected chi connectivity index (χ2v) is 4.41. The second-order valence-electron chi connectivity index (χ2n) is 4.41. The molecule has 0 radical (unpaired) electrons. The molecule has 90 valence electrons. The number of nitrogens with zero attached hydrogens (tertiary/aromatic N) is 1. The topological polar surface area (TPSA) is 46.3 Å². The van der Waals surface area contributed by atoms with Crippen LogP contribution in [0.3, 0.4) is 0 Å². The first-order chi connectivity index (χ1) is 7.06. The smallest absolute Gasteiger partial charge is 0.225 e. The van der Waals surface area contributed by atoms with E-state index in [-0.39, 0.29) is 11.8 Å². The monoisotopic (exact) mass is 214 g/mol. The van der Waals surface area contributed by atoms with Crippen LogP contribution in [0.2, 0.25) is 0 Å². The van der Waals surface area contributed by atoms with Crippen LogP contribution in [0, 0.1) is 11.8 Å². The van der Waals surface area contributed by atoms with Gasteiger partial charge in [-0.1, -0.05) is 27.2 Å². The normalized spacial score (nSPS) is 14.7. The Balaban J connectivity index is 4.20. The fraction of sp³-hybridized carbons (Fsp3) is 0.917. The highest BCUT2D eigenvalue weighted by molar-refractivity contribution is 5.78. The molecule has 0 bridgehead atoms. The lowest BCUT2D eigenvalue weighted by Crippen LogP contribution is -2.39. The summed E-state index contributed by atoms with van der Waals surface area (Å²) in [5, 5.41) is 0. The van der Waals surface area contributed by atoms with Crippen LogP contribution in [0.1, 0.15) is 40.5 Å². The van der Waals surface area contributed by atoms with Crippen LogP contribution in [-0.4, -0.2) is 30.4 Å². The van der Waals surface area contributed by atoms with Crippen molar-refractivity contribution in [2.75, 3.05) is 19.6 Å². The summed E-state index contributed by atoms with van der Waals surface area (Å²) < 4.78 is 0. The largest absolute Gasteiger partial charge is 0.342 e. The Hall–Kier alpha value is -0.570. The Morgan fingerprint density at radius 3 is 2.33 bits per heavy atom. The van der Waals surface area contributed by atoms with E-state index in [2.05, 4.69) is 13.8 Å². The Bertz CT molecular complexity index is 182. The Labute approximate surface area is 94.0 Å². The SMILES string of the molecule is CCCC(C)C(=O)N(CC)CC(C)CN. The zero-order valence-corrected chi connectivity index (χ0v) is 10.6. The van der Waals surface area contributed by atoms with E-state index in [1.807, 2.05) is 18.7 Å².